The summed E-state index contributed by atoms with van der Waals surface area (Å²) in [5.74, 6) is -0.394. The van der Waals surface area contributed by atoms with Gasteiger partial charge in [0.2, 0.25) is 0 Å². The molecule has 31 heavy (non-hydrogen) atoms. The molecule has 2 saturated heterocycles. The van der Waals surface area contributed by atoms with Gasteiger partial charge in [-0.05, 0) is 39.2 Å². The number of fused-ring (bicyclic) bond motifs is 2. The van der Waals surface area contributed by atoms with Gasteiger partial charge in [0.25, 0.3) is 5.91 Å². The summed E-state index contributed by atoms with van der Waals surface area (Å²) in [4.78, 5) is 49.2. The van der Waals surface area contributed by atoms with Crippen LogP contribution in [-0.4, -0.2) is 65.4 Å². The van der Waals surface area contributed by atoms with Gasteiger partial charge in [0.1, 0.15) is 18.2 Å². The fourth-order valence-corrected chi connectivity index (χ4v) is 3.50. The van der Waals surface area contributed by atoms with Gasteiger partial charge in [0, 0.05) is 13.1 Å². The Balaban J connectivity index is 1.40. The smallest absolute Gasteiger partial charge is 0.407 e. The van der Waals surface area contributed by atoms with Crippen molar-refractivity contribution in [2.45, 2.75) is 57.9 Å². The monoisotopic (exact) mass is 434 g/mol. The maximum absolute atomic E-state index is 12.7. The Morgan fingerprint density at radius 3 is 2.61 bits per heavy atom. The summed E-state index contributed by atoms with van der Waals surface area (Å²) in [6, 6.07) is 8.60. The Labute approximate surface area is 181 Å². The molecule has 170 valence electrons. The molecule has 2 atom stereocenters. The molecule has 0 aromatic heterocycles. The van der Waals surface area contributed by atoms with Crippen molar-refractivity contribution in [3.63, 3.8) is 0 Å². The van der Waals surface area contributed by atoms with E-state index in [-0.39, 0.29) is 25.2 Å². The highest BCUT2D eigenvalue weighted by Crippen LogP contribution is 2.30. The van der Waals surface area contributed by atoms with Gasteiger partial charge < -0.3 is 15.0 Å². The van der Waals surface area contributed by atoms with Gasteiger partial charge in [0.05, 0.1) is 12.6 Å². The van der Waals surface area contributed by atoms with Crippen molar-refractivity contribution in [3.05, 3.63) is 35.9 Å². The van der Waals surface area contributed by atoms with Gasteiger partial charge in [-0.3, -0.25) is 14.5 Å². The second-order valence-corrected chi connectivity index (χ2v) is 8.51. The van der Waals surface area contributed by atoms with Crippen LogP contribution in [0.3, 0.4) is 0 Å². The van der Waals surface area contributed by atoms with E-state index < -0.39 is 23.6 Å². The first-order valence-corrected chi connectivity index (χ1v) is 10.4. The minimum absolute atomic E-state index is 0.0700. The lowest BCUT2D eigenvalue weighted by atomic mass is 10.0. The van der Waals surface area contributed by atoms with Crippen molar-refractivity contribution >= 4 is 18.0 Å². The van der Waals surface area contributed by atoms with Crippen LogP contribution in [0.25, 0.3) is 0 Å². The fraction of sp³-hybridized carbons (Fsp3) is 0.571. The Morgan fingerprint density at radius 2 is 1.90 bits per heavy atom. The molecule has 3 rings (SSSR count). The molecular weight excluding hydrogens is 404 g/mol. The van der Waals surface area contributed by atoms with Crippen LogP contribution in [0.1, 0.15) is 39.2 Å². The van der Waals surface area contributed by atoms with Crippen LogP contribution in [0.5, 0.6) is 0 Å². The summed E-state index contributed by atoms with van der Waals surface area (Å²) in [6.45, 7) is 6.28. The summed E-state index contributed by atoms with van der Waals surface area (Å²) in [7, 11) is 0. The van der Waals surface area contributed by atoms with Crippen LogP contribution in [0, 0.1) is 0 Å². The Bertz CT molecular complexity index is 782. The second-order valence-electron chi connectivity index (χ2n) is 8.51. The lowest BCUT2D eigenvalue weighted by Gasteiger charge is -2.29. The number of urea groups is 1. The lowest BCUT2D eigenvalue weighted by molar-refractivity contribution is -0.141. The van der Waals surface area contributed by atoms with Crippen LogP contribution in [0.15, 0.2) is 30.3 Å². The van der Waals surface area contributed by atoms with Gasteiger partial charge in [-0.2, -0.15) is 5.06 Å². The normalized spacial score (nSPS) is 20.5. The maximum atomic E-state index is 12.7. The van der Waals surface area contributed by atoms with Crippen LogP contribution in [0.4, 0.5) is 9.59 Å². The quantitative estimate of drug-likeness (QED) is 0.478. The zero-order valence-corrected chi connectivity index (χ0v) is 18.1. The third-order valence-corrected chi connectivity index (χ3v) is 4.88. The molecule has 0 radical (unpaired) electrons. The first kappa shape index (κ1) is 22.8. The summed E-state index contributed by atoms with van der Waals surface area (Å²) < 4.78 is 5.11. The molecule has 0 unspecified atom stereocenters. The number of nitrogens with one attached hydrogen (secondary N) is 2. The van der Waals surface area contributed by atoms with Gasteiger partial charge in [-0.15, -0.1) is 0 Å². The molecule has 2 heterocycles. The molecule has 2 N–H and O–H groups in total. The van der Waals surface area contributed by atoms with E-state index >= 15 is 0 Å². The van der Waals surface area contributed by atoms with Gasteiger partial charge in [-0.25, -0.2) is 15.1 Å². The van der Waals surface area contributed by atoms with Crippen LogP contribution < -0.4 is 10.8 Å². The van der Waals surface area contributed by atoms with Crippen molar-refractivity contribution in [2.24, 2.45) is 0 Å². The third kappa shape index (κ3) is 6.31. The highest BCUT2D eigenvalue weighted by atomic mass is 16.7. The average Bonchev–Trinajstić information content (AvgIpc) is 2.95. The first-order valence-electron chi connectivity index (χ1n) is 10.4. The third-order valence-electron chi connectivity index (χ3n) is 4.88. The number of rotatable bonds is 8. The molecule has 2 bridgehead atoms. The molecule has 1 aromatic rings. The number of hydroxylamine groups is 3. The van der Waals surface area contributed by atoms with Crippen LogP contribution in [0.2, 0.25) is 0 Å². The van der Waals surface area contributed by atoms with Crippen LogP contribution in [-0.2, 0) is 25.8 Å². The van der Waals surface area contributed by atoms with Gasteiger partial charge >= 0.3 is 12.1 Å². The number of piperidine rings is 1. The number of hydrogen-bond acceptors (Lipinski definition) is 6. The van der Waals surface area contributed by atoms with Crippen molar-refractivity contribution < 1.29 is 28.8 Å². The lowest BCUT2D eigenvalue weighted by Crippen LogP contribution is -2.50. The van der Waals surface area contributed by atoms with E-state index in [0.717, 1.165) is 5.56 Å². The molecular formula is C21H30N4O6. The van der Waals surface area contributed by atoms with Crippen molar-refractivity contribution in [1.82, 2.24) is 20.8 Å². The zero-order chi connectivity index (χ0) is 22.4. The molecule has 4 amide bonds. The Hall–Kier alpha value is -2.85. The van der Waals surface area contributed by atoms with Crippen molar-refractivity contribution in [2.75, 3.05) is 19.7 Å². The van der Waals surface area contributed by atoms with E-state index in [1.165, 1.54) is 9.96 Å². The highest BCUT2D eigenvalue weighted by molar-refractivity contribution is 5.88. The summed E-state index contributed by atoms with van der Waals surface area (Å²) in [5.41, 5.74) is 2.75. The number of hydrogen-bond donors (Lipinski definition) is 2. The standard InChI is InChI=1S/C21H30N4O6/c1-21(2,3)31-19(27)22-11-12-29-23-18(26)17-10-9-16-13-24(17)20(28)25(16)30-14-15-7-5-4-6-8-15/h4-8,16-17H,9-14H2,1-3H3,(H,22,27)(H,23,26)/t16-,17+/m1/s1. The summed E-state index contributed by atoms with van der Waals surface area (Å²) >= 11 is 0. The van der Waals surface area contributed by atoms with Gasteiger partial charge in [-0.1, -0.05) is 30.3 Å². The van der Waals surface area contributed by atoms with Crippen LogP contribution >= 0.6 is 0 Å². The first-order chi connectivity index (χ1) is 14.7. The molecule has 1 aromatic carbocycles. The number of benzene rings is 1. The molecule has 0 spiro atoms. The predicted octanol–water partition coefficient (Wildman–Crippen LogP) is 1.96. The summed E-state index contributed by atoms with van der Waals surface area (Å²) in [5, 5.41) is 3.92. The van der Waals surface area contributed by atoms with E-state index in [2.05, 4.69) is 10.8 Å². The molecule has 10 nitrogen and oxygen atoms in total. The largest absolute Gasteiger partial charge is 0.444 e. The topological polar surface area (TPSA) is 109 Å². The number of carbonyl (C=O) groups is 3. The minimum Gasteiger partial charge on any atom is -0.444 e. The molecule has 2 aliphatic rings. The van der Waals surface area contributed by atoms with E-state index in [0.29, 0.717) is 26.0 Å². The average molecular weight is 434 g/mol. The highest BCUT2D eigenvalue weighted by Gasteiger charge is 2.48. The summed E-state index contributed by atoms with van der Waals surface area (Å²) in [6.07, 6.45) is 0.626. The number of carbonyl (C=O) groups excluding carboxylic acids is 3. The van der Waals surface area contributed by atoms with Crippen molar-refractivity contribution in [3.8, 4) is 0 Å². The number of amides is 4. The van der Waals surface area contributed by atoms with Gasteiger partial charge in [0.15, 0.2) is 0 Å². The number of alkyl carbamates (subject to hydrolysis) is 1. The SMILES string of the molecule is CC(C)(C)OC(=O)NCCONC(=O)[C@@H]1CC[C@@H]2CN1C(=O)N2OCc1ccccc1. The molecule has 0 saturated carbocycles. The van der Waals surface area contributed by atoms with E-state index in [4.69, 9.17) is 14.4 Å². The van der Waals surface area contributed by atoms with E-state index in [1.807, 2.05) is 30.3 Å². The van der Waals surface area contributed by atoms with E-state index in [9.17, 15) is 14.4 Å². The fourth-order valence-electron chi connectivity index (χ4n) is 3.50. The Morgan fingerprint density at radius 1 is 1.16 bits per heavy atom. The number of ether oxygens (including phenoxy) is 1. The minimum atomic E-state index is -0.618. The zero-order valence-electron chi connectivity index (χ0n) is 18.1. The maximum Gasteiger partial charge on any atom is 0.407 e. The van der Waals surface area contributed by atoms with Crippen molar-refractivity contribution in [1.29, 1.82) is 0 Å². The molecule has 2 aliphatic heterocycles. The molecule has 2 fully saturated rings. The second kappa shape index (κ2) is 9.97. The molecule has 0 aliphatic carbocycles. The molecule has 10 heteroatoms. The predicted molar refractivity (Wildman–Crippen MR) is 110 cm³/mol. The Kier molecular flexibility index (Phi) is 7.34. The number of nitrogens with zero attached hydrogens (tertiary/aromatic N) is 2. The van der Waals surface area contributed by atoms with E-state index in [1.54, 1.807) is 20.8 Å².